The van der Waals surface area contributed by atoms with E-state index >= 15 is 0 Å². The van der Waals surface area contributed by atoms with Crippen molar-refractivity contribution in [3.63, 3.8) is 0 Å². The highest BCUT2D eigenvalue weighted by atomic mass is 16.5. The molecule has 33 heavy (non-hydrogen) atoms. The number of ether oxygens (including phenoxy) is 1. The minimum atomic E-state index is -0.150. The maximum Gasteiger partial charge on any atom is 0.249 e. The molecule has 4 aromatic rings. The molecule has 1 saturated heterocycles. The van der Waals surface area contributed by atoms with Gasteiger partial charge in [-0.05, 0) is 41.8 Å². The number of carbonyl (C=O) groups is 1. The lowest BCUT2D eigenvalue weighted by Crippen LogP contribution is -2.35. The van der Waals surface area contributed by atoms with Crippen LogP contribution in [0.2, 0.25) is 0 Å². The second-order valence-electron chi connectivity index (χ2n) is 7.99. The number of aromatic nitrogens is 2. The van der Waals surface area contributed by atoms with Crippen molar-refractivity contribution in [1.29, 1.82) is 5.41 Å². The van der Waals surface area contributed by atoms with E-state index in [-0.39, 0.29) is 24.4 Å². The summed E-state index contributed by atoms with van der Waals surface area (Å²) in [4.78, 5) is 18.6. The zero-order chi connectivity index (χ0) is 22.8. The first kappa shape index (κ1) is 20.7. The average molecular weight is 441 g/mol. The Bertz CT molecular complexity index is 1320. The number of rotatable bonds is 6. The second kappa shape index (κ2) is 8.74. The summed E-state index contributed by atoms with van der Waals surface area (Å²) in [6.07, 6.45) is 1.76. The Hall–Kier alpha value is -4.20. The molecular formula is C25H23N5O3. The van der Waals surface area contributed by atoms with Crippen LogP contribution in [0.4, 0.5) is 0 Å². The second-order valence-corrected chi connectivity index (χ2v) is 7.99. The minimum absolute atomic E-state index is 0.0162. The molecule has 0 saturated carbocycles. The summed E-state index contributed by atoms with van der Waals surface area (Å²) in [7, 11) is 0. The predicted octanol–water partition coefficient (Wildman–Crippen LogP) is 4.18. The van der Waals surface area contributed by atoms with Crippen molar-refractivity contribution >= 4 is 22.5 Å². The van der Waals surface area contributed by atoms with Crippen LogP contribution in [0, 0.1) is 5.41 Å². The van der Waals surface area contributed by atoms with Crippen molar-refractivity contribution in [2.24, 2.45) is 5.73 Å². The number of benzene rings is 3. The molecule has 1 unspecified atom stereocenters. The number of nitrogens with one attached hydrogen (secondary N) is 1. The Labute approximate surface area is 190 Å². The van der Waals surface area contributed by atoms with E-state index in [1.807, 2.05) is 54.6 Å². The third-order valence-corrected chi connectivity index (χ3v) is 5.82. The molecule has 0 radical (unpaired) electrons. The average Bonchev–Trinajstić information content (AvgIpc) is 3.52. The quantitative estimate of drug-likeness (QED) is 0.262. The maximum atomic E-state index is 12.3. The van der Waals surface area contributed by atoms with Crippen molar-refractivity contribution in [2.45, 2.75) is 18.9 Å². The smallest absolute Gasteiger partial charge is 0.249 e. The molecule has 3 N–H and O–H groups in total. The van der Waals surface area contributed by atoms with Crippen LogP contribution in [0.1, 0.15) is 35.1 Å². The number of hydrogen-bond donors (Lipinski definition) is 2. The summed E-state index contributed by atoms with van der Waals surface area (Å²) < 4.78 is 11.2. The van der Waals surface area contributed by atoms with E-state index in [2.05, 4.69) is 10.1 Å². The molecule has 5 rings (SSSR count). The molecule has 1 aliphatic rings. The molecule has 0 bridgehead atoms. The van der Waals surface area contributed by atoms with Crippen molar-refractivity contribution in [3.8, 4) is 17.1 Å². The number of hydrogen-bond acceptors (Lipinski definition) is 6. The fraction of sp³-hybridized carbons (Fsp3) is 0.200. The number of nitrogens with two attached hydrogens (primary N) is 1. The van der Waals surface area contributed by atoms with Crippen molar-refractivity contribution in [2.75, 3.05) is 13.2 Å². The van der Waals surface area contributed by atoms with Crippen LogP contribution in [0.15, 0.2) is 71.3 Å². The lowest BCUT2D eigenvalue weighted by atomic mass is 10.1. The molecule has 3 aromatic carbocycles. The standard InChI is InChI=1S/C25H23N5O3/c26-25(27)30-12-4-7-21(30)24-28-23(29-33-24)19-9-8-18-14-20(11-10-17(18)13-19)32-15-22(31)16-5-2-1-3-6-16/h1-3,5-6,8-11,13-14,21H,4,7,12,15H2,(H3,26,27). The van der Waals surface area contributed by atoms with Crippen LogP contribution in [-0.4, -0.2) is 39.9 Å². The number of likely N-dealkylation sites (tertiary alicyclic amines) is 1. The SMILES string of the molecule is N=C(N)N1CCCC1c1nc(-c2ccc3cc(OCC(=O)c4ccccc4)ccc3c2)no1. The van der Waals surface area contributed by atoms with Crippen LogP contribution in [0.25, 0.3) is 22.2 Å². The van der Waals surface area contributed by atoms with E-state index in [1.165, 1.54) is 0 Å². The molecule has 1 aromatic heterocycles. The Kier molecular flexibility index (Phi) is 5.48. The summed E-state index contributed by atoms with van der Waals surface area (Å²) in [6, 6.07) is 20.5. The molecule has 0 spiro atoms. The molecule has 2 heterocycles. The van der Waals surface area contributed by atoms with Gasteiger partial charge >= 0.3 is 0 Å². The summed E-state index contributed by atoms with van der Waals surface area (Å²) >= 11 is 0. The fourth-order valence-corrected chi connectivity index (χ4v) is 4.11. The highest BCUT2D eigenvalue weighted by Crippen LogP contribution is 2.32. The Morgan fingerprint density at radius 1 is 1.12 bits per heavy atom. The van der Waals surface area contributed by atoms with Gasteiger partial charge in [-0.25, -0.2) is 0 Å². The summed E-state index contributed by atoms with van der Waals surface area (Å²) in [5, 5.41) is 13.8. The molecule has 1 atom stereocenters. The van der Waals surface area contributed by atoms with Crippen LogP contribution in [0.5, 0.6) is 5.75 Å². The monoisotopic (exact) mass is 441 g/mol. The lowest BCUT2D eigenvalue weighted by molar-refractivity contribution is 0.0921. The first-order chi connectivity index (χ1) is 16.1. The Morgan fingerprint density at radius 3 is 2.73 bits per heavy atom. The molecule has 1 fully saturated rings. The van der Waals surface area contributed by atoms with E-state index in [9.17, 15) is 4.79 Å². The first-order valence-corrected chi connectivity index (χ1v) is 10.8. The van der Waals surface area contributed by atoms with Crippen LogP contribution in [-0.2, 0) is 0 Å². The van der Waals surface area contributed by atoms with E-state index in [4.69, 9.17) is 20.4 Å². The summed E-state index contributed by atoms with van der Waals surface area (Å²) in [6.45, 7) is 0.701. The van der Waals surface area contributed by atoms with E-state index < -0.39 is 0 Å². The van der Waals surface area contributed by atoms with Crippen molar-refractivity contribution in [3.05, 3.63) is 78.2 Å². The lowest BCUT2D eigenvalue weighted by Gasteiger charge is -2.21. The fourth-order valence-electron chi connectivity index (χ4n) is 4.11. The molecule has 166 valence electrons. The largest absolute Gasteiger partial charge is 0.485 e. The van der Waals surface area contributed by atoms with Gasteiger partial charge in [0.25, 0.3) is 0 Å². The van der Waals surface area contributed by atoms with Gasteiger partial charge in [0, 0.05) is 17.7 Å². The van der Waals surface area contributed by atoms with Gasteiger partial charge in [0.2, 0.25) is 11.7 Å². The van der Waals surface area contributed by atoms with Gasteiger partial charge in [-0.15, -0.1) is 0 Å². The number of fused-ring (bicyclic) bond motifs is 1. The third kappa shape index (κ3) is 4.27. The van der Waals surface area contributed by atoms with Gasteiger partial charge in [-0.3, -0.25) is 10.2 Å². The normalized spacial score (nSPS) is 15.6. The number of carbonyl (C=O) groups excluding carboxylic acids is 1. The van der Waals surface area contributed by atoms with Crippen LogP contribution >= 0.6 is 0 Å². The Balaban J connectivity index is 1.31. The molecular weight excluding hydrogens is 418 g/mol. The molecule has 8 nitrogen and oxygen atoms in total. The Morgan fingerprint density at radius 2 is 1.91 bits per heavy atom. The number of guanidine groups is 1. The molecule has 8 heteroatoms. The van der Waals surface area contributed by atoms with E-state index in [0.29, 0.717) is 23.0 Å². The molecule has 0 amide bonds. The highest BCUT2D eigenvalue weighted by molar-refractivity contribution is 5.97. The van der Waals surface area contributed by atoms with Crippen LogP contribution < -0.4 is 10.5 Å². The van der Waals surface area contributed by atoms with E-state index in [1.54, 1.807) is 17.0 Å². The number of ketones is 1. The number of Topliss-reactive ketones (excluding diaryl/α,β-unsaturated/α-hetero) is 1. The minimum Gasteiger partial charge on any atom is -0.485 e. The third-order valence-electron chi connectivity index (χ3n) is 5.82. The topological polar surface area (TPSA) is 118 Å². The zero-order valence-electron chi connectivity index (χ0n) is 17.9. The summed E-state index contributed by atoms with van der Waals surface area (Å²) in [5.41, 5.74) is 7.14. The highest BCUT2D eigenvalue weighted by Gasteiger charge is 2.31. The molecule has 0 aliphatic carbocycles. The maximum absolute atomic E-state index is 12.3. The zero-order valence-corrected chi connectivity index (χ0v) is 17.9. The van der Waals surface area contributed by atoms with Gasteiger partial charge in [0.15, 0.2) is 18.3 Å². The molecule has 1 aliphatic heterocycles. The van der Waals surface area contributed by atoms with Gasteiger partial charge in [0.1, 0.15) is 11.8 Å². The van der Waals surface area contributed by atoms with Gasteiger partial charge in [-0.2, -0.15) is 4.98 Å². The predicted molar refractivity (Wildman–Crippen MR) is 124 cm³/mol. The van der Waals surface area contributed by atoms with Gasteiger partial charge in [0.05, 0.1) is 0 Å². The van der Waals surface area contributed by atoms with Crippen molar-refractivity contribution < 1.29 is 14.1 Å². The first-order valence-electron chi connectivity index (χ1n) is 10.8. The van der Waals surface area contributed by atoms with Gasteiger partial charge in [-0.1, -0.05) is 53.7 Å². The number of nitrogens with zero attached hydrogens (tertiary/aromatic N) is 3. The van der Waals surface area contributed by atoms with Gasteiger partial charge < -0.3 is 19.9 Å². The summed E-state index contributed by atoms with van der Waals surface area (Å²) in [5.74, 6) is 1.56. The van der Waals surface area contributed by atoms with E-state index in [0.717, 1.165) is 35.7 Å². The van der Waals surface area contributed by atoms with Crippen molar-refractivity contribution in [1.82, 2.24) is 15.0 Å². The van der Waals surface area contributed by atoms with Crippen LogP contribution in [0.3, 0.4) is 0 Å².